The number of esters is 2. The van der Waals surface area contributed by atoms with Crippen molar-refractivity contribution in [1.29, 1.82) is 0 Å². The number of ketones is 2. The van der Waals surface area contributed by atoms with Crippen molar-refractivity contribution in [3.63, 3.8) is 0 Å². The molecule has 250 valence electrons. The molecule has 2 fully saturated rings. The van der Waals surface area contributed by atoms with Crippen molar-refractivity contribution in [2.24, 2.45) is 23.2 Å². The molecular weight excluding hydrogens is 584 g/mol. The molecule has 0 spiro atoms. The van der Waals surface area contributed by atoms with E-state index in [1.165, 1.54) is 4.90 Å². The van der Waals surface area contributed by atoms with E-state index in [0.29, 0.717) is 70.8 Å². The Morgan fingerprint density at radius 2 is 1.89 bits per heavy atom. The Balaban J connectivity index is 1.61. The average molecular weight is 635 g/mol. The van der Waals surface area contributed by atoms with Gasteiger partial charge in [0, 0.05) is 43.1 Å². The Morgan fingerprint density at radius 1 is 1.09 bits per heavy atom. The minimum atomic E-state index is -1.000. The monoisotopic (exact) mass is 634 g/mol. The number of allylic oxidation sites excluding steroid dienone is 2. The Bertz CT molecular complexity index is 1310. The number of Topliss-reactive ketones (excluding diaryl/α,β-unsaturated/α-hetero) is 2. The maximum absolute atomic E-state index is 13.8. The van der Waals surface area contributed by atoms with Gasteiger partial charge in [-0.3, -0.25) is 24.2 Å². The van der Waals surface area contributed by atoms with Gasteiger partial charge in [0.2, 0.25) is 5.78 Å². The summed E-state index contributed by atoms with van der Waals surface area (Å²) in [4.78, 5) is 73.2. The summed E-state index contributed by atoms with van der Waals surface area (Å²) < 4.78 is 11.8. The van der Waals surface area contributed by atoms with Gasteiger partial charge in [-0.05, 0) is 88.7 Å². The Hall–Kier alpha value is -3.62. The lowest BCUT2D eigenvalue weighted by atomic mass is 9.82. The Kier molecular flexibility index (Phi) is 12.5. The number of cyclic esters (lactones) is 2. The van der Waals surface area contributed by atoms with E-state index < -0.39 is 41.1 Å². The normalized spacial score (nSPS) is 32.0. The topological polar surface area (TPSA) is 120 Å². The van der Waals surface area contributed by atoms with Gasteiger partial charge >= 0.3 is 11.9 Å². The number of fused-ring (bicyclic) bond motifs is 3. The first-order valence-electron chi connectivity index (χ1n) is 16.9. The minimum absolute atomic E-state index is 0.0825. The van der Waals surface area contributed by atoms with Crippen LogP contribution in [-0.4, -0.2) is 64.6 Å². The van der Waals surface area contributed by atoms with Crippen LogP contribution < -0.4 is 0 Å². The second kappa shape index (κ2) is 16.3. The van der Waals surface area contributed by atoms with Gasteiger partial charge in [0.25, 0.3) is 5.91 Å². The molecule has 3 aliphatic rings. The van der Waals surface area contributed by atoms with E-state index in [1.807, 2.05) is 32.1 Å². The quantitative estimate of drug-likeness (QED) is 0.228. The molecule has 9 nitrogen and oxygen atoms in total. The molecule has 0 aromatic carbocycles. The van der Waals surface area contributed by atoms with E-state index in [4.69, 9.17) is 9.47 Å². The molecule has 0 radical (unpaired) electrons. The number of carbonyl (C=O) groups excluding carboxylic acids is 5. The van der Waals surface area contributed by atoms with Crippen molar-refractivity contribution in [2.45, 2.75) is 110 Å². The third-order valence-corrected chi connectivity index (χ3v) is 10.1. The third-order valence-electron chi connectivity index (χ3n) is 10.1. The van der Waals surface area contributed by atoms with Crippen molar-refractivity contribution in [3.05, 3.63) is 54.4 Å². The molecule has 1 aromatic heterocycles. The lowest BCUT2D eigenvalue weighted by Crippen LogP contribution is -2.53. The number of carbonyl (C=O) groups is 5. The molecule has 3 heterocycles. The van der Waals surface area contributed by atoms with Gasteiger partial charge in [-0.25, -0.2) is 4.79 Å². The van der Waals surface area contributed by atoms with Crippen molar-refractivity contribution >= 4 is 29.4 Å². The second-order valence-electron chi connectivity index (χ2n) is 13.8. The summed E-state index contributed by atoms with van der Waals surface area (Å²) in [6.07, 6.45) is 12.6. The fourth-order valence-electron chi connectivity index (χ4n) is 7.07. The van der Waals surface area contributed by atoms with Crippen LogP contribution in [0.15, 0.2) is 48.8 Å². The maximum atomic E-state index is 13.8. The maximum Gasteiger partial charge on any atom is 0.329 e. The number of aromatic nitrogens is 1. The van der Waals surface area contributed by atoms with E-state index in [0.717, 1.165) is 17.6 Å². The third kappa shape index (κ3) is 9.01. The van der Waals surface area contributed by atoms with Crippen LogP contribution in [0.3, 0.4) is 0 Å². The van der Waals surface area contributed by atoms with Gasteiger partial charge in [0.1, 0.15) is 17.9 Å². The summed E-state index contributed by atoms with van der Waals surface area (Å²) in [7, 11) is 0. The second-order valence-corrected chi connectivity index (χ2v) is 13.8. The van der Waals surface area contributed by atoms with Gasteiger partial charge in [0.05, 0.1) is 12.5 Å². The number of nitrogens with zero attached hydrogens (tertiary/aromatic N) is 2. The molecule has 2 aliphatic heterocycles. The molecule has 3 unspecified atom stereocenters. The first-order valence-corrected chi connectivity index (χ1v) is 16.9. The van der Waals surface area contributed by atoms with Crippen LogP contribution in [0.5, 0.6) is 0 Å². The average Bonchev–Trinajstić information content (AvgIpc) is 3.47. The number of aryl methyl sites for hydroxylation is 1. The molecule has 4 rings (SSSR count). The number of rotatable bonds is 5. The first kappa shape index (κ1) is 35.2. The van der Waals surface area contributed by atoms with Crippen molar-refractivity contribution < 1.29 is 33.4 Å². The molecule has 0 N–H and O–H groups in total. The molecule has 6 atom stereocenters. The molecule has 1 saturated heterocycles. The fourth-order valence-corrected chi connectivity index (χ4v) is 7.07. The van der Waals surface area contributed by atoms with Crippen LogP contribution in [0.1, 0.15) is 97.0 Å². The van der Waals surface area contributed by atoms with Crippen molar-refractivity contribution in [2.75, 3.05) is 13.2 Å². The molecule has 1 amide bonds. The zero-order valence-corrected chi connectivity index (χ0v) is 27.7. The zero-order valence-electron chi connectivity index (χ0n) is 27.7. The number of hydrogen-bond donors (Lipinski definition) is 0. The van der Waals surface area contributed by atoms with Crippen molar-refractivity contribution in [1.82, 2.24) is 9.88 Å². The fraction of sp³-hybridized carbons (Fsp3) is 0.622. The number of pyridine rings is 1. The highest BCUT2D eigenvalue weighted by Gasteiger charge is 2.49. The van der Waals surface area contributed by atoms with E-state index in [2.05, 4.69) is 11.6 Å². The van der Waals surface area contributed by atoms with Gasteiger partial charge in [0.15, 0.2) is 0 Å². The number of piperidine rings is 1. The number of amides is 1. The highest BCUT2D eigenvalue weighted by atomic mass is 16.5. The molecule has 2 bridgehead atoms. The van der Waals surface area contributed by atoms with Crippen LogP contribution >= 0.6 is 0 Å². The van der Waals surface area contributed by atoms with E-state index in [9.17, 15) is 24.0 Å². The standard InChI is InChI=1S/C37H50N2O7/c1-5-9-28-22-25(2)17-21-45-35(43)29-16-18-37(4,23-29)33(41)34(42)39-20-7-6-11-30(39)36(44)46-32(26(3)12-14-31(28)40)15-13-27-10-8-19-38-24-27/h5,8,10,19,22,24,26,28-30,32H,1,6-7,9,11-18,20-21,23H2,2-4H3/b25-22+/t26?,28?,29?,30-,32+,37-/m0/s1. The zero-order chi connectivity index (χ0) is 33.3. The van der Waals surface area contributed by atoms with E-state index in [1.54, 1.807) is 25.4 Å². The summed E-state index contributed by atoms with van der Waals surface area (Å²) in [6, 6.07) is 2.99. The largest absolute Gasteiger partial charge is 0.465 e. The number of ether oxygens (including phenoxy) is 2. The van der Waals surface area contributed by atoms with Gasteiger partial charge in [-0.2, -0.15) is 0 Å². The van der Waals surface area contributed by atoms with Crippen LogP contribution in [0.4, 0.5) is 0 Å². The smallest absolute Gasteiger partial charge is 0.329 e. The van der Waals surface area contributed by atoms with E-state index >= 15 is 0 Å². The first-order chi connectivity index (χ1) is 22.0. The van der Waals surface area contributed by atoms with Crippen molar-refractivity contribution in [3.8, 4) is 0 Å². The SMILES string of the molecule is C=CCC1/C=C(\C)CCOC(=O)C2CC[C@@](C)(C2)C(=O)C(=O)N2CCCC[C@H]2C(=O)O[C@H](CCc2cccnc2)C(C)CCC1=O. The highest BCUT2D eigenvalue weighted by Crippen LogP contribution is 2.43. The molecule has 1 aromatic rings. The molecule has 46 heavy (non-hydrogen) atoms. The lowest BCUT2D eigenvalue weighted by Gasteiger charge is -2.36. The van der Waals surface area contributed by atoms with Crippen LogP contribution in [-0.2, 0) is 39.9 Å². The highest BCUT2D eigenvalue weighted by molar-refractivity contribution is 6.38. The summed E-state index contributed by atoms with van der Waals surface area (Å²) in [5.41, 5.74) is 0.964. The van der Waals surface area contributed by atoms with Gasteiger partial charge < -0.3 is 14.4 Å². The summed E-state index contributed by atoms with van der Waals surface area (Å²) in [5.74, 6) is -2.97. The Labute approximate surface area is 273 Å². The van der Waals surface area contributed by atoms with Crippen LogP contribution in [0, 0.1) is 23.2 Å². The van der Waals surface area contributed by atoms with Gasteiger partial charge in [-0.1, -0.05) is 37.6 Å². The predicted octanol–water partition coefficient (Wildman–Crippen LogP) is 5.75. The van der Waals surface area contributed by atoms with Crippen LogP contribution in [0.25, 0.3) is 0 Å². The molecule has 1 aliphatic carbocycles. The number of hydrogen-bond acceptors (Lipinski definition) is 8. The summed E-state index contributed by atoms with van der Waals surface area (Å²) >= 11 is 0. The molecule has 9 heteroatoms. The van der Waals surface area contributed by atoms with E-state index in [-0.39, 0.29) is 36.6 Å². The molecular formula is C37H50N2O7. The minimum Gasteiger partial charge on any atom is -0.465 e. The molecule has 1 saturated carbocycles. The summed E-state index contributed by atoms with van der Waals surface area (Å²) in [5, 5.41) is 0. The predicted molar refractivity (Wildman–Crippen MR) is 173 cm³/mol. The van der Waals surface area contributed by atoms with Gasteiger partial charge in [-0.15, -0.1) is 6.58 Å². The van der Waals surface area contributed by atoms with Crippen LogP contribution in [0.2, 0.25) is 0 Å². The lowest BCUT2D eigenvalue weighted by molar-refractivity contribution is -0.166. The Morgan fingerprint density at radius 3 is 2.63 bits per heavy atom. The summed E-state index contributed by atoms with van der Waals surface area (Å²) in [6.45, 7) is 9.98.